The molecule has 2 rings (SSSR count). The number of nitrogens with zero attached hydrogens (tertiary/aromatic N) is 1. The van der Waals surface area contributed by atoms with E-state index >= 15 is 0 Å². The van der Waals surface area contributed by atoms with Crippen molar-refractivity contribution in [1.82, 2.24) is 10.6 Å². The molecule has 1 aromatic heterocycles. The van der Waals surface area contributed by atoms with E-state index in [4.69, 9.17) is 4.42 Å². The maximum atomic E-state index is 13.7. The second-order valence-corrected chi connectivity index (χ2v) is 5.47. The van der Waals surface area contributed by atoms with E-state index in [1.54, 1.807) is 6.26 Å². The molecule has 128 valence electrons. The molecule has 24 heavy (non-hydrogen) atoms. The van der Waals surface area contributed by atoms with Crippen molar-refractivity contribution in [3.05, 3.63) is 71.7 Å². The largest absolute Gasteiger partial charge is 0.469 e. The molecule has 1 heterocycles. The van der Waals surface area contributed by atoms with E-state index in [0.717, 1.165) is 29.5 Å². The molecule has 0 unspecified atom stereocenters. The zero-order valence-electron chi connectivity index (χ0n) is 13.6. The van der Waals surface area contributed by atoms with E-state index < -0.39 is 11.6 Å². The SMILES string of the molecule is C=C(C)CNC(=NCc1cc(F)ccc1F)NCCc1ccco1. The molecule has 1 aromatic carbocycles. The van der Waals surface area contributed by atoms with E-state index in [0.29, 0.717) is 25.5 Å². The molecule has 2 aromatic rings. The van der Waals surface area contributed by atoms with Crippen LogP contribution >= 0.6 is 0 Å². The molecule has 0 saturated heterocycles. The first-order valence-electron chi connectivity index (χ1n) is 7.67. The molecule has 0 radical (unpaired) electrons. The van der Waals surface area contributed by atoms with Crippen LogP contribution in [0.25, 0.3) is 0 Å². The summed E-state index contributed by atoms with van der Waals surface area (Å²) in [5.74, 6) is 0.407. The molecule has 0 spiro atoms. The fraction of sp³-hybridized carbons (Fsp3) is 0.278. The normalized spacial score (nSPS) is 11.4. The van der Waals surface area contributed by atoms with Crippen LogP contribution in [-0.4, -0.2) is 19.0 Å². The number of halogens is 2. The summed E-state index contributed by atoms with van der Waals surface area (Å²) in [6, 6.07) is 7.06. The smallest absolute Gasteiger partial charge is 0.191 e. The molecule has 0 fully saturated rings. The number of aliphatic imine (C=N–C) groups is 1. The molecule has 0 aliphatic rings. The van der Waals surface area contributed by atoms with Gasteiger partial charge in [0.2, 0.25) is 0 Å². The molecule has 4 nitrogen and oxygen atoms in total. The fourth-order valence-corrected chi connectivity index (χ4v) is 2.00. The van der Waals surface area contributed by atoms with Gasteiger partial charge >= 0.3 is 0 Å². The quantitative estimate of drug-likeness (QED) is 0.464. The summed E-state index contributed by atoms with van der Waals surface area (Å²) in [6.07, 6.45) is 2.31. The zero-order chi connectivity index (χ0) is 17.4. The Morgan fingerprint density at radius 3 is 2.79 bits per heavy atom. The average molecular weight is 333 g/mol. The first-order chi connectivity index (χ1) is 11.5. The van der Waals surface area contributed by atoms with Crippen LogP contribution in [0.3, 0.4) is 0 Å². The Morgan fingerprint density at radius 1 is 1.25 bits per heavy atom. The summed E-state index contributed by atoms with van der Waals surface area (Å²) in [5.41, 5.74) is 1.14. The van der Waals surface area contributed by atoms with E-state index in [9.17, 15) is 8.78 Å². The minimum atomic E-state index is -0.483. The lowest BCUT2D eigenvalue weighted by atomic mass is 10.2. The summed E-state index contributed by atoms with van der Waals surface area (Å²) >= 11 is 0. The number of nitrogens with one attached hydrogen (secondary N) is 2. The lowest BCUT2D eigenvalue weighted by molar-refractivity contribution is 0.507. The molecule has 0 atom stereocenters. The molecule has 0 aliphatic carbocycles. The van der Waals surface area contributed by atoms with Crippen LogP contribution in [0.2, 0.25) is 0 Å². The van der Waals surface area contributed by atoms with Crippen LogP contribution in [0.15, 0.2) is 58.2 Å². The van der Waals surface area contributed by atoms with Crippen LogP contribution in [-0.2, 0) is 13.0 Å². The van der Waals surface area contributed by atoms with Crippen molar-refractivity contribution in [3.8, 4) is 0 Å². The van der Waals surface area contributed by atoms with Gasteiger partial charge in [-0.15, -0.1) is 0 Å². The van der Waals surface area contributed by atoms with E-state index in [1.807, 2.05) is 19.1 Å². The minimum Gasteiger partial charge on any atom is -0.469 e. The first-order valence-corrected chi connectivity index (χ1v) is 7.67. The van der Waals surface area contributed by atoms with Gasteiger partial charge in [0.1, 0.15) is 17.4 Å². The Bertz CT molecular complexity index is 696. The standard InChI is InChI=1S/C18H21F2N3O/c1-13(2)11-22-18(21-8-7-16-4-3-9-24-16)23-12-14-10-15(19)5-6-17(14)20/h3-6,9-10H,1,7-8,11-12H2,2H3,(H2,21,22,23). The van der Waals surface area contributed by atoms with Crippen LogP contribution in [0, 0.1) is 11.6 Å². The Morgan fingerprint density at radius 2 is 2.08 bits per heavy atom. The molecular weight excluding hydrogens is 312 g/mol. The van der Waals surface area contributed by atoms with Gasteiger partial charge in [0.15, 0.2) is 5.96 Å². The molecule has 6 heteroatoms. The van der Waals surface area contributed by atoms with Crippen molar-refractivity contribution < 1.29 is 13.2 Å². The van der Waals surface area contributed by atoms with E-state index in [2.05, 4.69) is 22.2 Å². The summed E-state index contributed by atoms with van der Waals surface area (Å²) < 4.78 is 32.2. The van der Waals surface area contributed by atoms with Crippen molar-refractivity contribution >= 4 is 5.96 Å². The van der Waals surface area contributed by atoms with Gasteiger partial charge in [-0.05, 0) is 37.3 Å². The van der Waals surface area contributed by atoms with Gasteiger partial charge in [-0.2, -0.15) is 0 Å². The maximum Gasteiger partial charge on any atom is 0.191 e. The van der Waals surface area contributed by atoms with Gasteiger partial charge in [0.05, 0.1) is 12.8 Å². The van der Waals surface area contributed by atoms with Gasteiger partial charge in [0.25, 0.3) is 0 Å². The number of hydrogen-bond donors (Lipinski definition) is 2. The Hall–Kier alpha value is -2.63. The summed E-state index contributed by atoms with van der Waals surface area (Å²) in [6.45, 7) is 6.89. The van der Waals surface area contributed by atoms with Crippen molar-refractivity contribution in [1.29, 1.82) is 0 Å². The topological polar surface area (TPSA) is 49.6 Å². The molecule has 2 N–H and O–H groups in total. The molecular formula is C18H21F2N3O. The van der Waals surface area contributed by atoms with Crippen LogP contribution in [0.1, 0.15) is 18.2 Å². The summed E-state index contributed by atoms with van der Waals surface area (Å²) in [7, 11) is 0. The Kier molecular flexibility index (Phi) is 6.54. The minimum absolute atomic E-state index is 0.0376. The summed E-state index contributed by atoms with van der Waals surface area (Å²) in [4.78, 5) is 4.30. The van der Waals surface area contributed by atoms with Crippen LogP contribution < -0.4 is 10.6 Å². The predicted octanol–water partition coefficient (Wildman–Crippen LogP) is 3.41. The third kappa shape index (κ3) is 5.87. The highest BCUT2D eigenvalue weighted by Crippen LogP contribution is 2.10. The number of rotatable bonds is 7. The monoisotopic (exact) mass is 333 g/mol. The van der Waals surface area contributed by atoms with E-state index in [1.165, 1.54) is 0 Å². The van der Waals surface area contributed by atoms with Gasteiger partial charge < -0.3 is 15.1 Å². The van der Waals surface area contributed by atoms with E-state index in [-0.39, 0.29) is 12.1 Å². The Balaban J connectivity index is 1.97. The average Bonchev–Trinajstić information content (AvgIpc) is 3.05. The number of hydrogen-bond acceptors (Lipinski definition) is 2. The molecule has 0 aliphatic heterocycles. The van der Waals surface area contributed by atoms with Crippen molar-refractivity contribution in [3.63, 3.8) is 0 Å². The van der Waals surface area contributed by atoms with Gasteiger partial charge in [0, 0.05) is 25.1 Å². The Labute approximate surface area is 140 Å². The van der Waals surface area contributed by atoms with Crippen molar-refractivity contribution in [2.75, 3.05) is 13.1 Å². The number of benzene rings is 1. The highest BCUT2D eigenvalue weighted by Gasteiger charge is 2.05. The van der Waals surface area contributed by atoms with Crippen molar-refractivity contribution in [2.45, 2.75) is 19.9 Å². The van der Waals surface area contributed by atoms with Gasteiger partial charge in [-0.1, -0.05) is 12.2 Å². The molecule has 0 bridgehead atoms. The van der Waals surface area contributed by atoms with Gasteiger partial charge in [-0.3, -0.25) is 0 Å². The molecule has 0 saturated carbocycles. The van der Waals surface area contributed by atoms with Crippen LogP contribution in [0.5, 0.6) is 0 Å². The highest BCUT2D eigenvalue weighted by atomic mass is 19.1. The number of furan rings is 1. The van der Waals surface area contributed by atoms with Crippen LogP contribution in [0.4, 0.5) is 8.78 Å². The highest BCUT2D eigenvalue weighted by molar-refractivity contribution is 5.80. The maximum absolute atomic E-state index is 13.7. The molecule has 0 amide bonds. The third-order valence-electron chi connectivity index (χ3n) is 3.22. The number of guanidine groups is 1. The summed E-state index contributed by atoms with van der Waals surface area (Å²) in [5, 5.41) is 6.24. The second kappa shape index (κ2) is 8.86. The predicted molar refractivity (Wildman–Crippen MR) is 90.7 cm³/mol. The first kappa shape index (κ1) is 17.7. The zero-order valence-corrected chi connectivity index (χ0v) is 13.6. The van der Waals surface area contributed by atoms with Crippen molar-refractivity contribution in [2.24, 2.45) is 4.99 Å². The fourth-order valence-electron chi connectivity index (χ4n) is 2.00. The second-order valence-electron chi connectivity index (χ2n) is 5.47. The lowest BCUT2D eigenvalue weighted by Gasteiger charge is -2.12. The lowest BCUT2D eigenvalue weighted by Crippen LogP contribution is -2.39. The van der Waals surface area contributed by atoms with Gasteiger partial charge in [-0.25, -0.2) is 13.8 Å². The third-order valence-corrected chi connectivity index (χ3v) is 3.22.